The summed E-state index contributed by atoms with van der Waals surface area (Å²) < 4.78 is 29.1. The summed E-state index contributed by atoms with van der Waals surface area (Å²) in [6.07, 6.45) is 1.07. The summed E-state index contributed by atoms with van der Waals surface area (Å²) in [6.45, 7) is 0. The van der Waals surface area contributed by atoms with E-state index in [4.69, 9.17) is 11.6 Å². The summed E-state index contributed by atoms with van der Waals surface area (Å²) in [4.78, 5) is 0. The first-order chi connectivity index (χ1) is 3.56. The van der Waals surface area contributed by atoms with E-state index in [1.807, 2.05) is 0 Å². The van der Waals surface area contributed by atoms with Crippen LogP contribution in [0, 0.1) is 0 Å². The zero-order valence-electron chi connectivity index (χ0n) is 4.87. The van der Waals surface area contributed by atoms with Crippen molar-refractivity contribution < 1.29 is 42.5 Å². The molecule has 0 saturated heterocycles. The first-order valence-electron chi connectivity index (χ1n) is 1.74. The molecule has 0 fully saturated rings. The molecule has 0 saturated carbocycles. The van der Waals surface area contributed by atoms with Gasteiger partial charge in [0.05, 0.1) is 0 Å². The molecule has 0 amide bonds. The molecule has 0 rings (SSSR count). The Bertz CT molecular complexity index is 173. The number of hydrogen-bond acceptors (Lipinski definition) is 3. The Morgan fingerprint density at radius 1 is 1.56 bits per heavy atom. The maximum absolute atomic E-state index is 9.69. The van der Waals surface area contributed by atoms with E-state index in [1.165, 1.54) is 0 Å². The number of hydrogen-bond donors (Lipinski definition) is 0. The predicted octanol–water partition coefficient (Wildman–Crippen LogP) is -2.71. The molecule has 0 heterocycles. The van der Waals surface area contributed by atoms with Gasteiger partial charge in [-0.15, -0.1) is 11.6 Å². The molecule has 0 aliphatic rings. The Kier molecular flexibility index (Phi) is 7.99. The van der Waals surface area contributed by atoms with Crippen molar-refractivity contribution in [3.8, 4) is 0 Å². The van der Waals surface area contributed by atoms with Gasteiger partial charge in [0.2, 0.25) is 0 Å². The molecule has 0 radical (unpaired) electrons. The maximum Gasteiger partial charge on any atom is 1.00 e. The van der Waals surface area contributed by atoms with Crippen molar-refractivity contribution in [1.29, 1.82) is 0 Å². The fourth-order valence-corrected chi connectivity index (χ4v) is 0.681. The van der Waals surface area contributed by atoms with Crippen molar-refractivity contribution in [1.82, 2.24) is 0 Å². The van der Waals surface area contributed by atoms with Gasteiger partial charge >= 0.3 is 29.6 Å². The minimum atomic E-state index is -4.20. The van der Waals surface area contributed by atoms with E-state index in [1.54, 1.807) is 0 Å². The second-order valence-electron chi connectivity index (χ2n) is 1.02. The van der Waals surface area contributed by atoms with Gasteiger partial charge in [0.1, 0.15) is 10.1 Å². The summed E-state index contributed by atoms with van der Waals surface area (Å²) in [5.41, 5.74) is 0. The molecular weight excluding hydrogens is 175 g/mol. The number of halogens is 1. The van der Waals surface area contributed by atoms with E-state index in [0.717, 1.165) is 6.08 Å². The third-order valence-electron chi connectivity index (χ3n) is 0.352. The van der Waals surface area contributed by atoms with Gasteiger partial charge in [-0.2, -0.15) is 0 Å². The maximum atomic E-state index is 9.69. The van der Waals surface area contributed by atoms with Crippen LogP contribution in [0.4, 0.5) is 0 Å². The fraction of sp³-hybridized carbons (Fsp3) is 0.333. The quantitative estimate of drug-likeness (QED) is 0.263. The molecule has 48 valence electrons. The average Bonchev–Trinajstić information content (AvgIpc) is 1.59. The van der Waals surface area contributed by atoms with E-state index >= 15 is 0 Å². The van der Waals surface area contributed by atoms with Crippen molar-refractivity contribution in [3.05, 3.63) is 11.5 Å². The van der Waals surface area contributed by atoms with Crippen LogP contribution in [0.2, 0.25) is 0 Å². The second-order valence-corrected chi connectivity index (χ2v) is 2.59. The fourth-order valence-electron chi connectivity index (χ4n) is 0.154. The molecule has 0 aliphatic heterocycles. The Balaban J connectivity index is 0. The van der Waals surface area contributed by atoms with Crippen LogP contribution in [0.5, 0.6) is 0 Å². The van der Waals surface area contributed by atoms with Gasteiger partial charge in [0.25, 0.3) is 0 Å². The zero-order valence-corrected chi connectivity index (χ0v) is 8.45. The van der Waals surface area contributed by atoms with E-state index in [2.05, 4.69) is 0 Å². The van der Waals surface area contributed by atoms with Crippen molar-refractivity contribution in [2.45, 2.75) is 0 Å². The molecule has 0 aromatic heterocycles. The molecule has 0 atom stereocenters. The largest absolute Gasteiger partial charge is 1.00 e. The van der Waals surface area contributed by atoms with Gasteiger partial charge in [0.15, 0.2) is 0 Å². The molecule has 0 spiro atoms. The summed E-state index contributed by atoms with van der Waals surface area (Å²) in [7, 11) is -4.20. The minimum absolute atomic E-state index is 0. The van der Waals surface area contributed by atoms with E-state index in [9.17, 15) is 13.0 Å². The van der Waals surface area contributed by atoms with Crippen molar-refractivity contribution in [3.63, 3.8) is 0 Å². The van der Waals surface area contributed by atoms with Crippen LogP contribution in [0.25, 0.3) is 0 Å². The van der Waals surface area contributed by atoms with E-state index < -0.39 is 10.1 Å². The van der Waals surface area contributed by atoms with Gasteiger partial charge in [-0.3, -0.25) is 0 Å². The molecule has 6 heteroatoms. The number of alkyl halides is 1. The molecular formula is C3H4ClNaO3S. The standard InChI is InChI=1S/C3H5ClO3S.Na/c4-2-1-3-8(5,6)7;/h1,3H,2H2,(H,5,6,7);/q;+1/p-1. The molecule has 0 N–H and O–H groups in total. The molecule has 0 aromatic carbocycles. The van der Waals surface area contributed by atoms with Crippen LogP contribution in [-0.4, -0.2) is 18.9 Å². The Hall–Kier alpha value is 0.940. The topological polar surface area (TPSA) is 57.2 Å². The molecule has 0 unspecified atom stereocenters. The molecule has 0 aliphatic carbocycles. The SMILES string of the molecule is O=S(=O)([O-])C=CCCl.[Na+]. The van der Waals surface area contributed by atoms with E-state index in [-0.39, 0.29) is 35.4 Å². The summed E-state index contributed by atoms with van der Waals surface area (Å²) in [5, 5.41) is 0.528. The Labute approximate surface area is 81.1 Å². The van der Waals surface area contributed by atoms with Crippen LogP contribution in [0.3, 0.4) is 0 Å². The zero-order chi connectivity index (χ0) is 6.62. The number of rotatable bonds is 2. The third-order valence-corrected chi connectivity index (χ3v) is 1.06. The summed E-state index contributed by atoms with van der Waals surface area (Å²) in [5.74, 6) is 0.0431. The van der Waals surface area contributed by atoms with Crippen molar-refractivity contribution in [2.24, 2.45) is 0 Å². The van der Waals surface area contributed by atoms with Gasteiger partial charge in [-0.1, -0.05) is 6.08 Å². The third kappa shape index (κ3) is 12.2. The smallest absolute Gasteiger partial charge is 0.744 e. The normalized spacial score (nSPS) is 11.3. The van der Waals surface area contributed by atoms with Gasteiger partial charge in [0, 0.05) is 11.3 Å². The average molecular weight is 179 g/mol. The Morgan fingerprint density at radius 2 is 2.00 bits per heavy atom. The number of allylic oxidation sites excluding steroid dienone is 1. The summed E-state index contributed by atoms with van der Waals surface area (Å²) >= 11 is 5.02. The molecule has 9 heavy (non-hydrogen) atoms. The second kappa shape index (κ2) is 5.70. The minimum Gasteiger partial charge on any atom is -0.744 e. The van der Waals surface area contributed by atoms with E-state index in [0.29, 0.717) is 5.41 Å². The van der Waals surface area contributed by atoms with Gasteiger partial charge in [-0.25, -0.2) is 8.42 Å². The van der Waals surface area contributed by atoms with Crippen LogP contribution < -0.4 is 29.6 Å². The van der Waals surface area contributed by atoms with Crippen LogP contribution in [0.15, 0.2) is 11.5 Å². The molecule has 3 nitrogen and oxygen atoms in total. The molecule has 0 aromatic rings. The van der Waals surface area contributed by atoms with Crippen LogP contribution in [-0.2, 0) is 10.1 Å². The van der Waals surface area contributed by atoms with Gasteiger partial charge < -0.3 is 4.55 Å². The van der Waals surface area contributed by atoms with Crippen molar-refractivity contribution >= 4 is 21.7 Å². The first-order valence-corrected chi connectivity index (χ1v) is 3.75. The monoisotopic (exact) mass is 178 g/mol. The van der Waals surface area contributed by atoms with Crippen molar-refractivity contribution in [2.75, 3.05) is 5.88 Å². The summed E-state index contributed by atoms with van der Waals surface area (Å²) in [6, 6.07) is 0. The Morgan fingerprint density at radius 3 is 2.11 bits per heavy atom. The van der Waals surface area contributed by atoms with Crippen LogP contribution in [0.1, 0.15) is 0 Å². The predicted molar refractivity (Wildman–Crippen MR) is 29.6 cm³/mol. The van der Waals surface area contributed by atoms with Crippen LogP contribution >= 0.6 is 11.6 Å². The van der Waals surface area contributed by atoms with Gasteiger partial charge in [-0.05, 0) is 0 Å². The molecule has 0 bridgehead atoms. The first kappa shape index (κ1) is 12.6.